The number of methoxy groups -OCH3 is 1. The molecule has 0 rings (SSSR count). The molecule has 0 aromatic rings. The van der Waals surface area contributed by atoms with Crippen LogP contribution in [0.4, 0.5) is 0 Å². The van der Waals surface area contributed by atoms with E-state index in [1.165, 1.54) is 0 Å². The summed E-state index contributed by atoms with van der Waals surface area (Å²) in [6.45, 7) is 4.31. The van der Waals surface area contributed by atoms with Gasteiger partial charge in [-0.25, -0.2) is 0 Å². The van der Waals surface area contributed by atoms with Crippen LogP contribution < -0.4 is 0 Å². The van der Waals surface area contributed by atoms with Crippen LogP contribution >= 0.6 is 0 Å². The van der Waals surface area contributed by atoms with E-state index in [2.05, 4.69) is 4.74 Å². The van der Waals surface area contributed by atoms with Crippen LogP contribution in [0.3, 0.4) is 0 Å². The maximum Gasteiger partial charge on any atom is 0.303 e. The van der Waals surface area contributed by atoms with E-state index in [1.54, 1.807) is 21.1 Å². The van der Waals surface area contributed by atoms with Crippen molar-refractivity contribution in [3.05, 3.63) is 0 Å². The fraction of sp³-hybridized carbons (Fsp3) is 0.941. The van der Waals surface area contributed by atoms with Crippen LogP contribution in [0.15, 0.2) is 0 Å². The fourth-order valence-corrected chi connectivity index (χ4v) is 0.971. The number of aliphatic hydroxyl groups is 6. The van der Waals surface area contributed by atoms with Gasteiger partial charge in [0, 0.05) is 31.5 Å². The molecular weight excluding hydrogens is 348 g/mol. The Morgan fingerprint density at radius 1 is 0.692 bits per heavy atom. The number of aliphatic carboxylic acids is 1. The first-order valence-electron chi connectivity index (χ1n) is 8.44. The molecule has 0 heterocycles. The molecule has 0 aliphatic carbocycles. The molecule has 0 aromatic carbocycles. The normalized spacial score (nSPS) is 10.4. The van der Waals surface area contributed by atoms with E-state index in [4.69, 9.17) is 35.7 Å². The van der Waals surface area contributed by atoms with Crippen LogP contribution in [0.25, 0.3) is 0 Å². The third-order valence-electron chi connectivity index (χ3n) is 3.81. The summed E-state index contributed by atoms with van der Waals surface area (Å²) in [7, 11) is 3.25. The van der Waals surface area contributed by atoms with Gasteiger partial charge in [0.05, 0.1) is 39.6 Å². The van der Waals surface area contributed by atoms with Gasteiger partial charge in [-0.3, -0.25) is 4.79 Å². The first-order chi connectivity index (χ1) is 12.2. The van der Waals surface area contributed by atoms with E-state index < -0.39 is 16.8 Å². The van der Waals surface area contributed by atoms with Crippen LogP contribution in [0.2, 0.25) is 0 Å². The Kier molecular flexibility index (Phi) is 28.1. The zero-order valence-electron chi connectivity index (χ0n) is 16.8. The Morgan fingerprint density at radius 2 is 0.846 bits per heavy atom. The summed E-state index contributed by atoms with van der Waals surface area (Å²) < 4.78 is 4.25. The summed E-state index contributed by atoms with van der Waals surface area (Å²) in [6, 6.07) is 0. The van der Waals surface area contributed by atoms with Gasteiger partial charge in [0.25, 0.3) is 0 Å². The Morgan fingerprint density at radius 3 is 0.846 bits per heavy atom. The molecule has 26 heavy (non-hydrogen) atoms. The quantitative estimate of drug-likeness (QED) is 0.274. The fourth-order valence-electron chi connectivity index (χ4n) is 0.971. The van der Waals surface area contributed by atoms with Crippen molar-refractivity contribution in [1.82, 2.24) is 0 Å². The summed E-state index contributed by atoms with van der Waals surface area (Å²) in [4.78, 5) is 9.37. The van der Waals surface area contributed by atoms with Crippen molar-refractivity contribution >= 4 is 5.97 Å². The second-order valence-corrected chi connectivity index (χ2v) is 5.81. The maximum atomic E-state index is 9.37. The molecule has 0 atom stereocenters. The molecule has 0 spiro atoms. The Bertz CT molecular complexity index is 222. The van der Waals surface area contributed by atoms with Gasteiger partial charge in [0.1, 0.15) is 0 Å². The number of hydrogen-bond donors (Lipinski definition) is 7. The maximum absolute atomic E-state index is 9.37. The van der Waals surface area contributed by atoms with Crippen LogP contribution in [-0.2, 0) is 9.53 Å². The molecule has 9 heteroatoms. The molecule has 0 saturated heterocycles. The third kappa shape index (κ3) is 18.0. The molecule has 162 valence electrons. The third-order valence-corrected chi connectivity index (χ3v) is 3.81. The van der Waals surface area contributed by atoms with Crippen molar-refractivity contribution in [3.8, 4) is 0 Å². The van der Waals surface area contributed by atoms with E-state index >= 15 is 0 Å². The van der Waals surface area contributed by atoms with Crippen molar-refractivity contribution in [1.29, 1.82) is 0 Å². The average Bonchev–Trinajstić information content (AvgIpc) is 2.68. The molecule has 0 bridgehead atoms. The molecule has 0 saturated carbocycles. The minimum absolute atomic E-state index is 0.156. The first-order valence-corrected chi connectivity index (χ1v) is 8.44. The Labute approximate surface area is 156 Å². The topological polar surface area (TPSA) is 168 Å². The number of ether oxygens (including phenoxy) is 1. The molecule has 0 amide bonds. The summed E-state index contributed by atoms with van der Waals surface area (Å²) in [6.07, 6.45) is 1.41. The number of carboxylic acids is 1. The predicted molar refractivity (Wildman–Crippen MR) is 98.8 cm³/mol. The van der Waals surface area contributed by atoms with Crippen LogP contribution in [0.1, 0.15) is 40.0 Å². The second kappa shape index (κ2) is 22.2. The van der Waals surface area contributed by atoms with Crippen molar-refractivity contribution in [2.75, 3.05) is 53.9 Å². The van der Waals surface area contributed by atoms with Gasteiger partial charge in [-0.15, -0.1) is 0 Å². The Balaban J connectivity index is -0.000000134. The molecule has 7 N–H and O–H groups in total. The van der Waals surface area contributed by atoms with Crippen LogP contribution in [0.5, 0.6) is 0 Å². The highest BCUT2D eigenvalue weighted by atomic mass is 16.4. The minimum atomic E-state index is -0.745. The monoisotopic (exact) mass is 388 g/mol. The summed E-state index contributed by atoms with van der Waals surface area (Å²) in [5.41, 5.74) is -1.33. The van der Waals surface area contributed by atoms with E-state index in [1.807, 2.05) is 13.8 Å². The van der Waals surface area contributed by atoms with Crippen molar-refractivity contribution in [2.24, 2.45) is 10.8 Å². The highest BCUT2D eigenvalue weighted by Gasteiger charge is 2.25. The lowest BCUT2D eigenvalue weighted by atomic mass is 9.88. The standard InChI is InChI=1S/2C6H14O3.C3H6O2.C2H6O/c2*1-2-6(3-7,4-8)5-9;1-2-3(4)5;1-3-2/h2*7-9H,2-5H2,1H3;2H2,1H3,(H,4,5);1-2H3. The van der Waals surface area contributed by atoms with E-state index in [9.17, 15) is 4.79 Å². The van der Waals surface area contributed by atoms with Gasteiger partial charge in [0.15, 0.2) is 0 Å². The average molecular weight is 388 g/mol. The lowest BCUT2D eigenvalue weighted by Gasteiger charge is -2.24. The second-order valence-electron chi connectivity index (χ2n) is 5.81. The molecule has 0 fully saturated rings. The number of hydrogen-bond acceptors (Lipinski definition) is 8. The van der Waals surface area contributed by atoms with E-state index in [-0.39, 0.29) is 46.1 Å². The molecule has 0 aliphatic rings. The molecular formula is C17H40O9. The lowest BCUT2D eigenvalue weighted by Crippen LogP contribution is -2.32. The van der Waals surface area contributed by atoms with Gasteiger partial charge in [0.2, 0.25) is 0 Å². The summed E-state index contributed by atoms with van der Waals surface area (Å²) >= 11 is 0. The number of rotatable bonds is 9. The van der Waals surface area contributed by atoms with Crippen LogP contribution in [0, 0.1) is 10.8 Å². The lowest BCUT2D eigenvalue weighted by molar-refractivity contribution is -0.136. The van der Waals surface area contributed by atoms with Gasteiger partial charge >= 0.3 is 5.97 Å². The van der Waals surface area contributed by atoms with E-state index in [0.29, 0.717) is 12.8 Å². The molecule has 0 aliphatic heterocycles. The van der Waals surface area contributed by atoms with Crippen LogP contribution in [-0.4, -0.2) is 95.6 Å². The molecule has 9 nitrogen and oxygen atoms in total. The summed E-state index contributed by atoms with van der Waals surface area (Å²) in [5.74, 6) is -0.745. The van der Waals surface area contributed by atoms with E-state index in [0.717, 1.165) is 0 Å². The zero-order chi connectivity index (χ0) is 21.6. The SMILES string of the molecule is CCC(=O)O.CCC(CO)(CO)CO.CCC(CO)(CO)CO.COC. The van der Waals surface area contributed by atoms with Gasteiger partial charge in [-0.2, -0.15) is 0 Å². The predicted octanol–water partition coefficient (Wildman–Crippen LogP) is -0.537. The van der Waals surface area contributed by atoms with Gasteiger partial charge < -0.3 is 40.5 Å². The number of carbonyl (C=O) groups is 1. The van der Waals surface area contributed by atoms with Gasteiger partial charge in [-0.1, -0.05) is 20.8 Å². The molecule has 0 radical (unpaired) electrons. The largest absolute Gasteiger partial charge is 0.481 e. The molecule has 0 unspecified atom stereocenters. The highest BCUT2D eigenvalue weighted by Crippen LogP contribution is 2.18. The number of aliphatic hydroxyl groups excluding tert-OH is 6. The smallest absolute Gasteiger partial charge is 0.303 e. The first kappa shape index (κ1) is 32.8. The Hall–Kier alpha value is -0.810. The van der Waals surface area contributed by atoms with Crippen molar-refractivity contribution < 1.29 is 45.3 Å². The van der Waals surface area contributed by atoms with Gasteiger partial charge in [-0.05, 0) is 12.8 Å². The number of carboxylic acid groups (broad SMARTS) is 1. The highest BCUT2D eigenvalue weighted by molar-refractivity contribution is 5.66. The zero-order valence-corrected chi connectivity index (χ0v) is 16.8. The molecule has 0 aromatic heterocycles. The minimum Gasteiger partial charge on any atom is -0.481 e. The summed E-state index contributed by atoms with van der Waals surface area (Å²) in [5, 5.41) is 59.7. The van der Waals surface area contributed by atoms with Crippen molar-refractivity contribution in [3.63, 3.8) is 0 Å². The van der Waals surface area contributed by atoms with Crippen molar-refractivity contribution in [2.45, 2.75) is 40.0 Å².